The molecule has 6 nitrogen and oxygen atoms in total. The average molecular weight is 607 g/mol. The zero-order chi connectivity index (χ0) is 31.6. The van der Waals surface area contributed by atoms with Crippen molar-refractivity contribution < 1.29 is 18.9 Å². The molecular formula is C40H34N2O4. The first kappa shape index (κ1) is 29.0. The van der Waals surface area contributed by atoms with Gasteiger partial charge in [0, 0.05) is 29.4 Å². The highest BCUT2D eigenvalue weighted by Gasteiger charge is 2.19. The minimum atomic E-state index is 0.654. The Morgan fingerprint density at radius 3 is 1.72 bits per heavy atom. The molecule has 5 aromatic carbocycles. The van der Waals surface area contributed by atoms with Crippen LogP contribution in [0.3, 0.4) is 0 Å². The van der Waals surface area contributed by atoms with Crippen molar-refractivity contribution >= 4 is 16.6 Å². The van der Waals surface area contributed by atoms with E-state index in [0.29, 0.717) is 29.4 Å². The van der Waals surface area contributed by atoms with Crippen molar-refractivity contribution in [2.45, 2.75) is 6.42 Å². The molecule has 2 aromatic heterocycles. The quantitative estimate of drug-likeness (QED) is 0.164. The molecule has 0 saturated carbocycles. The van der Waals surface area contributed by atoms with Gasteiger partial charge in [-0.2, -0.15) is 0 Å². The molecule has 228 valence electrons. The summed E-state index contributed by atoms with van der Waals surface area (Å²) < 4.78 is 25.0. The Balaban J connectivity index is 1.45. The predicted octanol–water partition coefficient (Wildman–Crippen LogP) is 9.11. The van der Waals surface area contributed by atoms with Gasteiger partial charge in [0.15, 0.2) is 23.0 Å². The third-order valence-corrected chi connectivity index (χ3v) is 8.48. The summed E-state index contributed by atoms with van der Waals surface area (Å²) >= 11 is 0. The second-order valence-corrected chi connectivity index (χ2v) is 11.1. The standard InChI is InChI=1S/C40H34N2O4/c1-43-36-22-31(19-26-17-29(27-11-7-5-8-12-27)20-30(18-26)28-13-9-6-10-14-28)33(24-38(36)45-3)34-21-32-23-37(44-2)39(46-4)25-35(32)42-16-15-41-40(34)42/h5-18,20-25H,19H2,1-4H3. The van der Waals surface area contributed by atoms with Crippen molar-refractivity contribution in [1.29, 1.82) is 0 Å². The lowest BCUT2D eigenvalue weighted by Crippen LogP contribution is -2.00. The fourth-order valence-electron chi connectivity index (χ4n) is 6.25. The van der Waals surface area contributed by atoms with Gasteiger partial charge < -0.3 is 18.9 Å². The van der Waals surface area contributed by atoms with Crippen LogP contribution in [0, 0.1) is 0 Å². The van der Waals surface area contributed by atoms with Crippen LogP contribution in [0.15, 0.2) is 122 Å². The van der Waals surface area contributed by atoms with E-state index in [4.69, 9.17) is 23.9 Å². The number of rotatable bonds is 9. The van der Waals surface area contributed by atoms with Gasteiger partial charge in [0.25, 0.3) is 0 Å². The van der Waals surface area contributed by atoms with Crippen molar-refractivity contribution in [2.24, 2.45) is 0 Å². The number of hydrogen-bond donors (Lipinski definition) is 0. The maximum Gasteiger partial charge on any atom is 0.162 e. The third kappa shape index (κ3) is 5.28. The molecule has 6 heteroatoms. The second-order valence-electron chi connectivity index (χ2n) is 11.1. The van der Waals surface area contributed by atoms with Crippen LogP contribution in [-0.4, -0.2) is 37.8 Å². The zero-order valence-corrected chi connectivity index (χ0v) is 26.3. The Kier molecular flexibility index (Phi) is 7.77. The van der Waals surface area contributed by atoms with Gasteiger partial charge >= 0.3 is 0 Å². The lowest BCUT2D eigenvalue weighted by Gasteiger charge is -2.18. The van der Waals surface area contributed by atoms with Crippen molar-refractivity contribution in [3.8, 4) is 56.4 Å². The van der Waals surface area contributed by atoms with Gasteiger partial charge in [-0.15, -0.1) is 0 Å². The highest BCUT2D eigenvalue weighted by molar-refractivity contribution is 5.94. The SMILES string of the molecule is COc1cc(Cc2cc(-c3ccccc3)cc(-c3ccccc3)c2)c(-c2cc3cc(OC)c(OC)cc3n3ccnc23)cc1OC. The number of methoxy groups -OCH3 is 4. The predicted molar refractivity (Wildman–Crippen MR) is 184 cm³/mol. The van der Waals surface area contributed by atoms with E-state index >= 15 is 0 Å². The van der Waals surface area contributed by atoms with E-state index in [2.05, 4.69) is 89.3 Å². The van der Waals surface area contributed by atoms with Crippen LogP contribution in [0.4, 0.5) is 0 Å². The molecule has 0 radical (unpaired) electrons. The van der Waals surface area contributed by atoms with E-state index in [1.165, 1.54) is 27.8 Å². The fourth-order valence-corrected chi connectivity index (χ4v) is 6.25. The van der Waals surface area contributed by atoms with Crippen LogP contribution in [0.25, 0.3) is 49.9 Å². The normalized spacial score (nSPS) is 11.1. The monoisotopic (exact) mass is 606 g/mol. The lowest BCUT2D eigenvalue weighted by molar-refractivity contribution is 0.355. The molecule has 46 heavy (non-hydrogen) atoms. The summed E-state index contributed by atoms with van der Waals surface area (Å²) in [6.07, 6.45) is 4.46. The molecule has 2 heterocycles. The molecule has 0 unspecified atom stereocenters. The Morgan fingerprint density at radius 2 is 1.11 bits per heavy atom. The molecule has 7 aromatic rings. The molecule has 0 fully saturated rings. The summed E-state index contributed by atoms with van der Waals surface area (Å²) in [6.45, 7) is 0. The Labute approximate surface area is 268 Å². The van der Waals surface area contributed by atoms with Gasteiger partial charge in [-0.25, -0.2) is 4.98 Å². The smallest absolute Gasteiger partial charge is 0.162 e. The van der Waals surface area contributed by atoms with Gasteiger partial charge in [-0.1, -0.05) is 72.8 Å². The first-order chi connectivity index (χ1) is 22.6. The van der Waals surface area contributed by atoms with Gasteiger partial charge in [-0.05, 0) is 75.7 Å². The summed E-state index contributed by atoms with van der Waals surface area (Å²) in [5.41, 5.74) is 10.7. The van der Waals surface area contributed by atoms with Crippen molar-refractivity contribution in [3.05, 3.63) is 133 Å². The summed E-state index contributed by atoms with van der Waals surface area (Å²) in [5, 5.41) is 0.997. The van der Waals surface area contributed by atoms with E-state index in [1.807, 2.05) is 36.7 Å². The van der Waals surface area contributed by atoms with E-state index in [0.717, 1.165) is 33.2 Å². The Bertz CT molecular complexity index is 2110. The van der Waals surface area contributed by atoms with Crippen molar-refractivity contribution in [1.82, 2.24) is 9.38 Å². The van der Waals surface area contributed by atoms with E-state index in [9.17, 15) is 0 Å². The maximum absolute atomic E-state index is 5.82. The van der Waals surface area contributed by atoms with Crippen LogP contribution >= 0.6 is 0 Å². The van der Waals surface area contributed by atoms with E-state index in [1.54, 1.807) is 28.4 Å². The number of nitrogens with zero attached hydrogens (tertiary/aromatic N) is 2. The summed E-state index contributed by atoms with van der Waals surface area (Å²) in [6, 6.07) is 38.2. The average Bonchev–Trinajstić information content (AvgIpc) is 3.62. The summed E-state index contributed by atoms with van der Waals surface area (Å²) in [4.78, 5) is 4.82. The van der Waals surface area contributed by atoms with Crippen LogP contribution in [0.2, 0.25) is 0 Å². The number of aromatic nitrogens is 2. The molecule has 0 aliphatic heterocycles. The summed E-state index contributed by atoms with van der Waals surface area (Å²) in [7, 11) is 6.64. The number of hydrogen-bond acceptors (Lipinski definition) is 5. The molecule has 0 atom stereocenters. The maximum atomic E-state index is 5.82. The molecule has 0 aliphatic rings. The summed E-state index contributed by atoms with van der Waals surface area (Å²) in [5.74, 6) is 2.66. The van der Waals surface area contributed by atoms with Gasteiger partial charge in [0.2, 0.25) is 0 Å². The largest absolute Gasteiger partial charge is 0.493 e. The first-order valence-corrected chi connectivity index (χ1v) is 15.1. The van der Waals surface area contributed by atoms with Crippen LogP contribution in [0.1, 0.15) is 11.1 Å². The Hall–Kier alpha value is -5.75. The van der Waals surface area contributed by atoms with Gasteiger partial charge in [0.05, 0.1) is 34.0 Å². The van der Waals surface area contributed by atoms with E-state index in [-0.39, 0.29) is 0 Å². The number of imidazole rings is 1. The molecule has 0 spiro atoms. The van der Waals surface area contributed by atoms with Gasteiger partial charge in [-0.3, -0.25) is 4.40 Å². The fraction of sp³-hybridized carbons (Fsp3) is 0.125. The molecule has 0 aliphatic carbocycles. The molecule has 0 bridgehead atoms. The minimum Gasteiger partial charge on any atom is -0.493 e. The molecule has 0 saturated heterocycles. The number of ether oxygens (including phenoxy) is 4. The van der Waals surface area contributed by atoms with Crippen molar-refractivity contribution in [3.63, 3.8) is 0 Å². The van der Waals surface area contributed by atoms with Crippen molar-refractivity contribution in [2.75, 3.05) is 28.4 Å². The number of pyridine rings is 1. The molecular weight excluding hydrogens is 572 g/mol. The topological polar surface area (TPSA) is 54.2 Å². The Morgan fingerprint density at radius 1 is 0.543 bits per heavy atom. The minimum absolute atomic E-state index is 0.654. The van der Waals surface area contributed by atoms with Crippen LogP contribution < -0.4 is 18.9 Å². The van der Waals surface area contributed by atoms with Gasteiger partial charge in [0.1, 0.15) is 5.65 Å². The lowest BCUT2D eigenvalue weighted by atomic mass is 9.90. The third-order valence-electron chi connectivity index (χ3n) is 8.48. The van der Waals surface area contributed by atoms with E-state index < -0.39 is 0 Å². The molecule has 7 rings (SSSR count). The van der Waals surface area contributed by atoms with Crippen LogP contribution in [-0.2, 0) is 6.42 Å². The highest BCUT2D eigenvalue weighted by atomic mass is 16.5. The first-order valence-electron chi connectivity index (χ1n) is 15.1. The molecule has 0 N–H and O–H groups in total. The number of benzene rings is 5. The second kappa shape index (κ2) is 12.3. The zero-order valence-electron chi connectivity index (χ0n) is 26.3. The molecule has 0 amide bonds. The number of fused-ring (bicyclic) bond motifs is 3. The van der Waals surface area contributed by atoms with Crippen LogP contribution in [0.5, 0.6) is 23.0 Å². The highest BCUT2D eigenvalue weighted by Crippen LogP contribution is 2.41.